The van der Waals surface area contributed by atoms with Crippen molar-refractivity contribution in [2.75, 3.05) is 5.32 Å². The van der Waals surface area contributed by atoms with Crippen LogP contribution in [-0.2, 0) is 0 Å². The van der Waals surface area contributed by atoms with Crippen molar-refractivity contribution in [3.05, 3.63) is 54.1 Å². The van der Waals surface area contributed by atoms with E-state index in [0.717, 1.165) is 11.1 Å². The molecule has 104 valence electrons. The minimum absolute atomic E-state index is 0.196. The molecule has 0 saturated heterocycles. The lowest BCUT2D eigenvalue weighted by molar-refractivity contribution is 0.102. The van der Waals surface area contributed by atoms with E-state index >= 15 is 0 Å². The van der Waals surface area contributed by atoms with Gasteiger partial charge in [0, 0.05) is 18.0 Å². The number of carbonyl (C=O) groups excluding carboxylic acids is 1. The van der Waals surface area contributed by atoms with Gasteiger partial charge in [0.1, 0.15) is 5.69 Å². The largest absolute Gasteiger partial charge is 0.288 e. The van der Waals surface area contributed by atoms with Crippen molar-refractivity contribution in [3.63, 3.8) is 0 Å². The highest BCUT2D eigenvalue weighted by atomic mass is 16.2. The Morgan fingerprint density at radius 1 is 1.29 bits per heavy atom. The molecule has 0 radical (unpaired) electrons. The molecule has 1 aromatic carbocycles. The molecule has 21 heavy (non-hydrogen) atoms. The van der Waals surface area contributed by atoms with E-state index in [-0.39, 0.29) is 11.6 Å². The standard InChI is InChI=1S/C14H12N6O/c1-9-3-2-4-10(7-9)12-17-14(20-19-12)18-13(21)11-8-15-5-6-16-11/h2-8H,1H3,(H2,17,18,19,20,21). The van der Waals surface area contributed by atoms with Crippen LogP contribution in [0.3, 0.4) is 0 Å². The first-order valence-corrected chi connectivity index (χ1v) is 6.29. The molecule has 0 atom stereocenters. The summed E-state index contributed by atoms with van der Waals surface area (Å²) < 4.78 is 0. The maximum absolute atomic E-state index is 11.9. The third-order valence-corrected chi connectivity index (χ3v) is 2.80. The Morgan fingerprint density at radius 3 is 2.95 bits per heavy atom. The van der Waals surface area contributed by atoms with Crippen molar-refractivity contribution in [3.8, 4) is 11.4 Å². The first kappa shape index (κ1) is 12.9. The maximum atomic E-state index is 11.9. The van der Waals surface area contributed by atoms with E-state index < -0.39 is 5.91 Å². The second-order valence-corrected chi connectivity index (χ2v) is 4.42. The zero-order valence-electron chi connectivity index (χ0n) is 11.2. The van der Waals surface area contributed by atoms with Crippen LogP contribution in [0.5, 0.6) is 0 Å². The average molecular weight is 280 g/mol. The predicted molar refractivity (Wildman–Crippen MR) is 76.5 cm³/mol. The predicted octanol–water partition coefficient (Wildman–Crippen LogP) is 1.82. The lowest BCUT2D eigenvalue weighted by Crippen LogP contribution is -2.14. The number of hydrogen-bond acceptors (Lipinski definition) is 5. The van der Waals surface area contributed by atoms with Crippen LogP contribution in [0, 0.1) is 6.92 Å². The molecular weight excluding hydrogens is 268 g/mol. The van der Waals surface area contributed by atoms with E-state index in [4.69, 9.17) is 0 Å². The molecule has 1 amide bonds. The van der Waals surface area contributed by atoms with E-state index in [0.29, 0.717) is 5.82 Å². The fraction of sp³-hybridized carbons (Fsp3) is 0.0714. The van der Waals surface area contributed by atoms with Gasteiger partial charge in [0.05, 0.1) is 6.20 Å². The molecule has 0 saturated carbocycles. The first-order chi connectivity index (χ1) is 10.2. The van der Waals surface area contributed by atoms with Crippen molar-refractivity contribution in [2.45, 2.75) is 6.92 Å². The number of aryl methyl sites for hydroxylation is 1. The lowest BCUT2D eigenvalue weighted by atomic mass is 10.1. The number of H-pyrrole nitrogens is 1. The molecule has 3 rings (SSSR count). The number of aromatic nitrogens is 5. The molecule has 0 aliphatic rings. The third kappa shape index (κ3) is 2.92. The van der Waals surface area contributed by atoms with Crippen LogP contribution >= 0.6 is 0 Å². The molecule has 0 aliphatic carbocycles. The summed E-state index contributed by atoms with van der Waals surface area (Å²) in [5.74, 6) is 0.383. The van der Waals surface area contributed by atoms with Crippen LogP contribution < -0.4 is 5.32 Å². The van der Waals surface area contributed by atoms with Gasteiger partial charge in [0.2, 0.25) is 5.95 Å². The van der Waals surface area contributed by atoms with Gasteiger partial charge < -0.3 is 0 Å². The summed E-state index contributed by atoms with van der Waals surface area (Å²) in [5.41, 5.74) is 2.23. The Labute approximate surface area is 120 Å². The highest BCUT2D eigenvalue weighted by Gasteiger charge is 2.11. The molecule has 0 bridgehead atoms. The molecule has 2 aromatic heterocycles. The Bertz CT molecular complexity index is 768. The monoisotopic (exact) mass is 280 g/mol. The van der Waals surface area contributed by atoms with Gasteiger partial charge in [0.15, 0.2) is 5.82 Å². The average Bonchev–Trinajstić information content (AvgIpc) is 2.97. The minimum Gasteiger partial charge on any atom is -0.288 e. The third-order valence-electron chi connectivity index (χ3n) is 2.80. The van der Waals surface area contributed by atoms with Crippen LogP contribution in [-0.4, -0.2) is 31.1 Å². The number of carbonyl (C=O) groups is 1. The Hall–Kier alpha value is -3.09. The fourth-order valence-corrected chi connectivity index (χ4v) is 1.82. The lowest BCUT2D eigenvalue weighted by Gasteiger charge is -1.98. The van der Waals surface area contributed by atoms with Crippen LogP contribution in [0.1, 0.15) is 16.1 Å². The molecule has 2 N–H and O–H groups in total. The number of nitrogens with zero attached hydrogens (tertiary/aromatic N) is 4. The quantitative estimate of drug-likeness (QED) is 0.762. The highest BCUT2D eigenvalue weighted by Crippen LogP contribution is 2.17. The number of amides is 1. The molecule has 0 spiro atoms. The van der Waals surface area contributed by atoms with E-state index in [1.807, 2.05) is 31.2 Å². The number of aromatic amines is 1. The van der Waals surface area contributed by atoms with E-state index in [2.05, 4.69) is 30.5 Å². The number of anilines is 1. The number of benzene rings is 1. The molecule has 2 heterocycles. The summed E-state index contributed by atoms with van der Waals surface area (Å²) in [7, 11) is 0. The summed E-state index contributed by atoms with van der Waals surface area (Å²) in [6, 6.07) is 7.83. The molecule has 7 heteroatoms. The molecule has 3 aromatic rings. The second-order valence-electron chi connectivity index (χ2n) is 4.42. The normalized spacial score (nSPS) is 10.3. The second kappa shape index (κ2) is 5.49. The Morgan fingerprint density at radius 2 is 2.19 bits per heavy atom. The van der Waals surface area contributed by atoms with E-state index in [9.17, 15) is 4.79 Å². The zero-order valence-corrected chi connectivity index (χ0v) is 11.2. The smallest absolute Gasteiger partial charge is 0.278 e. The van der Waals surface area contributed by atoms with Crippen LogP contribution in [0.15, 0.2) is 42.9 Å². The van der Waals surface area contributed by atoms with Gasteiger partial charge in [-0.25, -0.2) is 4.98 Å². The minimum atomic E-state index is -0.405. The zero-order chi connectivity index (χ0) is 14.7. The molecule has 7 nitrogen and oxygen atoms in total. The molecular formula is C14H12N6O. The highest BCUT2D eigenvalue weighted by molar-refractivity contribution is 6.01. The number of hydrogen-bond donors (Lipinski definition) is 2. The van der Waals surface area contributed by atoms with Crippen molar-refractivity contribution in [1.29, 1.82) is 0 Å². The van der Waals surface area contributed by atoms with Gasteiger partial charge in [-0.1, -0.05) is 23.8 Å². The summed E-state index contributed by atoms with van der Waals surface area (Å²) in [5, 5.41) is 9.33. The van der Waals surface area contributed by atoms with Gasteiger partial charge in [-0.3, -0.25) is 20.2 Å². The van der Waals surface area contributed by atoms with Crippen molar-refractivity contribution < 1.29 is 4.79 Å². The Kier molecular flexibility index (Phi) is 3.38. The molecule has 0 aliphatic heterocycles. The molecule has 0 unspecified atom stereocenters. The van der Waals surface area contributed by atoms with Gasteiger partial charge in [-0.05, 0) is 13.0 Å². The number of rotatable bonds is 3. The van der Waals surface area contributed by atoms with Crippen LogP contribution in [0.25, 0.3) is 11.4 Å². The van der Waals surface area contributed by atoms with Crippen molar-refractivity contribution >= 4 is 11.9 Å². The SMILES string of the molecule is Cc1cccc(-c2nc(NC(=O)c3cnccn3)n[nH]2)c1. The van der Waals surface area contributed by atoms with Gasteiger partial charge in [-0.2, -0.15) is 4.98 Å². The maximum Gasteiger partial charge on any atom is 0.278 e. The fourth-order valence-electron chi connectivity index (χ4n) is 1.82. The van der Waals surface area contributed by atoms with E-state index in [1.165, 1.54) is 18.6 Å². The number of nitrogens with one attached hydrogen (secondary N) is 2. The summed E-state index contributed by atoms with van der Waals surface area (Å²) >= 11 is 0. The Balaban J connectivity index is 1.78. The van der Waals surface area contributed by atoms with Gasteiger partial charge in [-0.15, -0.1) is 5.10 Å². The van der Waals surface area contributed by atoms with Crippen molar-refractivity contribution in [1.82, 2.24) is 25.1 Å². The van der Waals surface area contributed by atoms with Gasteiger partial charge in [0.25, 0.3) is 5.91 Å². The van der Waals surface area contributed by atoms with E-state index in [1.54, 1.807) is 0 Å². The topological polar surface area (TPSA) is 96.5 Å². The molecule has 0 fully saturated rings. The van der Waals surface area contributed by atoms with Crippen LogP contribution in [0.4, 0.5) is 5.95 Å². The summed E-state index contributed by atoms with van der Waals surface area (Å²) in [6.45, 7) is 2.00. The van der Waals surface area contributed by atoms with Crippen LogP contribution in [0.2, 0.25) is 0 Å². The summed E-state index contributed by atoms with van der Waals surface area (Å²) in [4.78, 5) is 23.9. The van der Waals surface area contributed by atoms with Gasteiger partial charge >= 0.3 is 0 Å². The van der Waals surface area contributed by atoms with Crippen molar-refractivity contribution in [2.24, 2.45) is 0 Å². The summed E-state index contributed by atoms with van der Waals surface area (Å²) in [6.07, 6.45) is 4.33. The first-order valence-electron chi connectivity index (χ1n) is 6.29.